The first-order chi connectivity index (χ1) is 13.1. The van der Waals surface area contributed by atoms with Gasteiger partial charge in [-0.05, 0) is 31.3 Å². The maximum atomic E-state index is 13.1. The number of ether oxygens (including phenoxy) is 1. The average molecular weight is 392 g/mol. The second-order valence-corrected chi connectivity index (χ2v) is 8.02. The van der Waals surface area contributed by atoms with Crippen molar-refractivity contribution in [3.05, 3.63) is 28.1 Å². The molecule has 0 N–H and O–H groups in total. The van der Waals surface area contributed by atoms with Crippen LogP contribution in [-0.4, -0.2) is 79.5 Å². The van der Waals surface area contributed by atoms with Gasteiger partial charge < -0.3 is 14.5 Å². The van der Waals surface area contributed by atoms with Crippen molar-refractivity contribution in [3.8, 4) is 0 Å². The summed E-state index contributed by atoms with van der Waals surface area (Å²) in [6.07, 6.45) is 2.82. The Morgan fingerprint density at radius 2 is 1.81 bits per heavy atom. The second kappa shape index (κ2) is 9.48. The molecule has 0 bridgehead atoms. The van der Waals surface area contributed by atoms with Crippen LogP contribution in [0.2, 0.25) is 0 Å². The molecule has 1 saturated heterocycles. The number of nitrogens with zero attached hydrogens (tertiary/aromatic N) is 3. The Balaban J connectivity index is 1.72. The van der Waals surface area contributed by atoms with Crippen LogP contribution in [0.1, 0.15) is 31.1 Å². The van der Waals surface area contributed by atoms with Crippen LogP contribution in [0, 0.1) is 0 Å². The number of hydrogen-bond acceptors (Lipinski definition) is 6. The minimum atomic E-state index is -0.162. The maximum absolute atomic E-state index is 13.1. The first-order valence-corrected chi connectivity index (χ1v) is 10.7. The molecule has 0 aliphatic carbocycles. The van der Waals surface area contributed by atoms with Crippen LogP contribution >= 0.6 is 11.3 Å². The lowest BCUT2D eigenvalue weighted by Crippen LogP contribution is -2.46. The summed E-state index contributed by atoms with van der Waals surface area (Å²) < 4.78 is 5.58. The van der Waals surface area contributed by atoms with Crippen molar-refractivity contribution in [1.82, 2.24) is 14.7 Å². The van der Waals surface area contributed by atoms with Crippen LogP contribution in [0.25, 0.3) is 5.57 Å². The number of carbonyl (C=O) groups excluding carboxylic acids is 2. The molecule has 2 aliphatic heterocycles. The highest BCUT2D eigenvalue weighted by Gasteiger charge is 2.42. The molecule has 2 aliphatic rings. The van der Waals surface area contributed by atoms with E-state index in [0.717, 1.165) is 50.5 Å². The summed E-state index contributed by atoms with van der Waals surface area (Å²) in [4.78, 5) is 32.8. The van der Waals surface area contributed by atoms with Gasteiger partial charge in [-0.15, -0.1) is 11.3 Å². The topological polar surface area (TPSA) is 53.1 Å². The predicted octanol–water partition coefficient (Wildman–Crippen LogP) is 2.28. The summed E-state index contributed by atoms with van der Waals surface area (Å²) in [7, 11) is 2.08. The van der Waals surface area contributed by atoms with Gasteiger partial charge in [0.15, 0.2) is 0 Å². The maximum Gasteiger partial charge on any atom is 0.277 e. The van der Waals surface area contributed by atoms with E-state index in [-0.39, 0.29) is 11.8 Å². The molecule has 1 aromatic heterocycles. The van der Waals surface area contributed by atoms with Gasteiger partial charge in [-0.2, -0.15) is 0 Å². The van der Waals surface area contributed by atoms with Gasteiger partial charge in [-0.25, -0.2) is 0 Å². The lowest BCUT2D eigenvalue weighted by molar-refractivity contribution is -0.137. The first-order valence-electron chi connectivity index (χ1n) is 9.79. The van der Waals surface area contributed by atoms with Crippen molar-refractivity contribution in [2.45, 2.75) is 26.2 Å². The highest BCUT2D eigenvalue weighted by Crippen LogP contribution is 2.34. The first kappa shape index (κ1) is 20.0. The van der Waals surface area contributed by atoms with E-state index >= 15 is 0 Å². The Kier molecular flexibility index (Phi) is 7.04. The summed E-state index contributed by atoms with van der Waals surface area (Å²) in [5.41, 5.74) is 1.16. The lowest BCUT2D eigenvalue weighted by atomic mass is 10.1. The summed E-state index contributed by atoms with van der Waals surface area (Å²) in [5.74, 6) is -0.313. The van der Waals surface area contributed by atoms with Gasteiger partial charge in [-0.1, -0.05) is 19.4 Å². The number of unbranched alkanes of at least 4 members (excludes halogenated alkanes) is 1. The monoisotopic (exact) mass is 391 g/mol. The van der Waals surface area contributed by atoms with Crippen molar-refractivity contribution in [2.75, 3.05) is 53.0 Å². The predicted molar refractivity (Wildman–Crippen MR) is 107 cm³/mol. The highest BCUT2D eigenvalue weighted by atomic mass is 32.1. The molecule has 0 saturated carbocycles. The third-order valence-corrected chi connectivity index (χ3v) is 5.93. The molecule has 148 valence electrons. The summed E-state index contributed by atoms with van der Waals surface area (Å²) in [5, 5.41) is 1.95. The quantitative estimate of drug-likeness (QED) is 0.478. The van der Waals surface area contributed by atoms with E-state index in [9.17, 15) is 9.59 Å². The SMILES string of the molecule is CCCCOCCCN1C(=O)C(c2cccs2)=C(N2CCN(C)CC2)C1=O. The molecule has 1 fully saturated rings. The van der Waals surface area contributed by atoms with Gasteiger partial charge in [-0.3, -0.25) is 14.5 Å². The number of likely N-dealkylation sites (N-methyl/N-ethyl adjacent to an activating group) is 1. The van der Waals surface area contributed by atoms with Gasteiger partial charge in [0.2, 0.25) is 0 Å². The molecule has 7 heteroatoms. The number of rotatable bonds is 9. The minimum Gasteiger partial charge on any atom is -0.381 e. The molecule has 27 heavy (non-hydrogen) atoms. The van der Waals surface area contributed by atoms with E-state index < -0.39 is 0 Å². The van der Waals surface area contributed by atoms with Gasteiger partial charge >= 0.3 is 0 Å². The lowest BCUT2D eigenvalue weighted by Gasteiger charge is -2.34. The van der Waals surface area contributed by atoms with Gasteiger partial charge in [0.05, 0.1) is 5.57 Å². The van der Waals surface area contributed by atoms with Crippen molar-refractivity contribution >= 4 is 28.7 Å². The fraction of sp³-hybridized carbons (Fsp3) is 0.600. The highest BCUT2D eigenvalue weighted by molar-refractivity contribution is 7.11. The number of imide groups is 1. The third kappa shape index (κ3) is 4.59. The third-order valence-electron chi connectivity index (χ3n) is 5.04. The van der Waals surface area contributed by atoms with E-state index in [2.05, 4.69) is 23.8 Å². The molecule has 0 atom stereocenters. The van der Waals surface area contributed by atoms with Gasteiger partial charge in [0.25, 0.3) is 11.8 Å². The summed E-state index contributed by atoms with van der Waals surface area (Å²) in [6.45, 7) is 7.20. The van der Waals surface area contributed by atoms with E-state index in [1.165, 1.54) is 16.2 Å². The average Bonchev–Trinajstić information content (AvgIpc) is 3.27. The van der Waals surface area contributed by atoms with Crippen LogP contribution in [0.5, 0.6) is 0 Å². The van der Waals surface area contributed by atoms with Gasteiger partial charge in [0, 0.05) is 50.8 Å². The number of thiophene rings is 1. The molecule has 3 heterocycles. The molecule has 1 aromatic rings. The van der Waals surface area contributed by atoms with E-state index in [4.69, 9.17) is 4.74 Å². The van der Waals surface area contributed by atoms with E-state index in [1.54, 1.807) is 0 Å². The Bertz CT molecular complexity index is 679. The fourth-order valence-corrected chi connectivity index (χ4v) is 4.17. The minimum absolute atomic E-state index is 0.151. The molecular formula is C20H29N3O3S. The smallest absolute Gasteiger partial charge is 0.277 e. The molecule has 3 rings (SSSR count). The normalized spacial score (nSPS) is 18.9. The van der Waals surface area contributed by atoms with Crippen LogP contribution < -0.4 is 0 Å². The second-order valence-electron chi connectivity index (χ2n) is 7.07. The number of hydrogen-bond donors (Lipinski definition) is 0. The van der Waals surface area contributed by atoms with Crippen molar-refractivity contribution in [1.29, 1.82) is 0 Å². The Morgan fingerprint density at radius 1 is 1.07 bits per heavy atom. The van der Waals surface area contributed by atoms with E-state index in [0.29, 0.717) is 30.8 Å². The number of carbonyl (C=O) groups is 2. The van der Waals surface area contributed by atoms with Crippen LogP contribution in [0.3, 0.4) is 0 Å². The van der Waals surface area contributed by atoms with Crippen LogP contribution in [0.4, 0.5) is 0 Å². The Hall–Kier alpha value is -1.70. The van der Waals surface area contributed by atoms with Crippen molar-refractivity contribution in [3.63, 3.8) is 0 Å². The number of piperazine rings is 1. The Morgan fingerprint density at radius 3 is 2.48 bits per heavy atom. The zero-order chi connectivity index (χ0) is 19.2. The zero-order valence-electron chi connectivity index (χ0n) is 16.3. The van der Waals surface area contributed by atoms with Crippen LogP contribution in [0.15, 0.2) is 23.2 Å². The molecule has 0 spiro atoms. The molecule has 2 amide bonds. The Labute approximate surface area is 165 Å². The molecule has 0 radical (unpaired) electrons. The number of amides is 2. The summed E-state index contributed by atoms with van der Waals surface area (Å²) in [6, 6.07) is 3.86. The standard InChI is InChI=1S/C20H29N3O3S/c1-3-4-13-26-14-6-8-23-19(24)17(16-7-5-15-27-16)18(20(23)25)22-11-9-21(2)10-12-22/h5,7,15H,3-4,6,8-14H2,1-2H3. The zero-order valence-corrected chi connectivity index (χ0v) is 17.1. The summed E-state index contributed by atoms with van der Waals surface area (Å²) >= 11 is 1.51. The van der Waals surface area contributed by atoms with E-state index in [1.807, 2.05) is 17.5 Å². The van der Waals surface area contributed by atoms with Crippen molar-refractivity contribution in [2.24, 2.45) is 0 Å². The van der Waals surface area contributed by atoms with Crippen molar-refractivity contribution < 1.29 is 14.3 Å². The molecule has 0 unspecified atom stereocenters. The van der Waals surface area contributed by atoms with Gasteiger partial charge in [0.1, 0.15) is 5.70 Å². The molecule has 6 nitrogen and oxygen atoms in total. The molecular weight excluding hydrogens is 362 g/mol. The largest absolute Gasteiger partial charge is 0.381 e. The van der Waals surface area contributed by atoms with Crippen LogP contribution in [-0.2, 0) is 14.3 Å². The fourth-order valence-electron chi connectivity index (χ4n) is 3.41. The molecule has 0 aromatic carbocycles.